The first kappa shape index (κ1) is 14.8. The monoisotopic (exact) mass is 289 g/mol. The van der Waals surface area contributed by atoms with Crippen LogP contribution in [0.15, 0.2) is 0 Å². The normalized spacial score (nSPS) is 27.5. The van der Waals surface area contributed by atoms with E-state index in [9.17, 15) is 13.2 Å². The molecule has 0 radical (unpaired) electrons. The van der Waals surface area contributed by atoms with Crippen LogP contribution in [0, 0.1) is 5.92 Å². The molecule has 5 nitrogen and oxygen atoms in total. The number of sulfone groups is 1. The quantitative estimate of drug-likeness (QED) is 0.752. The average Bonchev–Trinajstić information content (AvgIpc) is 2.56. The van der Waals surface area contributed by atoms with E-state index in [1.807, 2.05) is 13.8 Å². The number of hydrogen-bond acceptors (Lipinski definition) is 4. The Bertz CT molecular complexity index is 440. The van der Waals surface area contributed by atoms with E-state index in [2.05, 4.69) is 0 Å². The maximum absolute atomic E-state index is 12.3. The largest absolute Gasteiger partial charge is 0.381 e. The molecule has 0 aromatic rings. The highest BCUT2D eigenvalue weighted by Gasteiger charge is 2.62. The number of carbonyl (C=O) groups excluding carboxylic acids is 1. The van der Waals surface area contributed by atoms with Crippen molar-refractivity contribution < 1.29 is 17.9 Å². The van der Waals surface area contributed by atoms with E-state index in [0.29, 0.717) is 39.1 Å². The van der Waals surface area contributed by atoms with E-state index >= 15 is 0 Å². The minimum atomic E-state index is -3.08. The molecule has 1 amide bonds. The fourth-order valence-corrected chi connectivity index (χ4v) is 5.52. The molecule has 6 heteroatoms. The standard InChI is InChI=1S/C13H23NO4S/c1-3-5-12(15)14-9-13(10-14)11(8-18-4-2)6-7-19(13,16)17/h11H,3-10H2,1-2H3/t11-/m1/s1. The van der Waals surface area contributed by atoms with Crippen molar-refractivity contribution in [2.75, 3.05) is 32.1 Å². The van der Waals surface area contributed by atoms with Crippen LogP contribution >= 0.6 is 0 Å². The Morgan fingerprint density at radius 3 is 2.63 bits per heavy atom. The second kappa shape index (κ2) is 5.40. The molecule has 0 N–H and O–H groups in total. The topological polar surface area (TPSA) is 63.7 Å². The molecule has 0 saturated carbocycles. The summed E-state index contributed by atoms with van der Waals surface area (Å²) in [6, 6.07) is 0. The lowest BCUT2D eigenvalue weighted by Crippen LogP contribution is -2.68. The van der Waals surface area contributed by atoms with E-state index in [-0.39, 0.29) is 17.6 Å². The van der Waals surface area contributed by atoms with Gasteiger partial charge in [0.25, 0.3) is 0 Å². The van der Waals surface area contributed by atoms with Gasteiger partial charge in [0.1, 0.15) is 4.75 Å². The summed E-state index contributed by atoms with van der Waals surface area (Å²) in [5, 5.41) is 0. The Morgan fingerprint density at radius 1 is 1.37 bits per heavy atom. The summed E-state index contributed by atoms with van der Waals surface area (Å²) in [5.74, 6) is 0.356. The van der Waals surface area contributed by atoms with E-state index in [1.54, 1.807) is 4.90 Å². The number of amides is 1. The summed E-state index contributed by atoms with van der Waals surface area (Å²) in [6.07, 6.45) is 1.97. The van der Waals surface area contributed by atoms with Crippen LogP contribution in [0.5, 0.6) is 0 Å². The third-order valence-electron chi connectivity index (χ3n) is 4.36. The second-order valence-corrected chi connectivity index (χ2v) is 7.98. The molecule has 110 valence electrons. The van der Waals surface area contributed by atoms with Gasteiger partial charge in [0.15, 0.2) is 9.84 Å². The van der Waals surface area contributed by atoms with Gasteiger partial charge in [0, 0.05) is 32.0 Å². The molecule has 0 aromatic carbocycles. The van der Waals surface area contributed by atoms with Gasteiger partial charge in [-0.3, -0.25) is 4.79 Å². The highest BCUT2D eigenvalue weighted by molar-refractivity contribution is 7.93. The van der Waals surface area contributed by atoms with Gasteiger partial charge in [0.05, 0.1) is 12.4 Å². The van der Waals surface area contributed by atoms with Crippen LogP contribution in [0.2, 0.25) is 0 Å². The van der Waals surface area contributed by atoms with Crippen LogP contribution in [0.3, 0.4) is 0 Å². The lowest BCUT2D eigenvalue weighted by molar-refractivity contribution is -0.137. The lowest BCUT2D eigenvalue weighted by Gasteiger charge is -2.50. The molecule has 1 atom stereocenters. The van der Waals surface area contributed by atoms with Crippen LogP contribution in [-0.2, 0) is 19.4 Å². The Labute approximate surface area is 115 Å². The van der Waals surface area contributed by atoms with E-state index < -0.39 is 14.6 Å². The van der Waals surface area contributed by atoms with Crippen molar-refractivity contribution in [3.8, 4) is 0 Å². The van der Waals surface area contributed by atoms with Crippen molar-refractivity contribution in [2.45, 2.75) is 37.9 Å². The van der Waals surface area contributed by atoms with Gasteiger partial charge in [-0.1, -0.05) is 6.92 Å². The predicted molar refractivity (Wildman–Crippen MR) is 72.6 cm³/mol. The zero-order valence-corrected chi connectivity index (χ0v) is 12.5. The van der Waals surface area contributed by atoms with E-state index in [0.717, 1.165) is 6.42 Å². The second-order valence-electron chi connectivity index (χ2n) is 5.53. The third kappa shape index (κ3) is 2.40. The summed E-state index contributed by atoms with van der Waals surface area (Å²) in [6.45, 7) is 5.69. The van der Waals surface area contributed by atoms with Crippen LogP contribution in [-0.4, -0.2) is 56.0 Å². The predicted octanol–water partition coefficient (Wildman–Crippen LogP) is 0.839. The summed E-state index contributed by atoms with van der Waals surface area (Å²) in [7, 11) is -3.08. The number of rotatable bonds is 5. The molecule has 19 heavy (non-hydrogen) atoms. The van der Waals surface area contributed by atoms with Crippen molar-refractivity contribution in [1.82, 2.24) is 4.90 Å². The van der Waals surface area contributed by atoms with Crippen molar-refractivity contribution >= 4 is 15.7 Å². The van der Waals surface area contributed by atoms with Crippen molar-refractivity contribution in [2.24, 2.45) is 5.92 Å². The molecule has 0 aromatic heterocycles. The van der Waals surface area contributed by atoms with Crippen molar-refractivity contribution in [1.29, 1.82) is 0 Å². The van der Waals surface area contributed by atoms with Crippen LogP contribution in [0.4, 0.5) is 0 Å². The van der Waals surface area contributed by atoms with Gasteiger partial charge in [0.2, 0.25) is 5.91 Å². The number of nitrogens with zero attached hydrogens (tertiary/aromatic N) is 1. The van der Waals surface area contributed by atoms with E-state index in [4.69, 9.17) is 4.74 Å². The Morgan fingerprint density at radius 2 is 2.05 bits per heavy atom. The zero-order valence-electron chi connectivity index (χ0n) is 11.7. The Balaban J connectivity index is 2.06. The van der Waals surface area contributed by atoms with Crippen LogP contribution in [0.25, 0.3) is 0 Å². The first-order valence-corrected chi connectivity index (χ1v) is 8.70. The first-order chi connectivity index (χ1) is 8.97. The first-order valence-electron chi connectivity index (χ1n) is 7.04. The molecule has 2 aliphatic heterocycles. The van der Waals surface area contributed by atoms with Crippen LogP contribution < -0.4 is 0 Å². The van der Waals surface area contributed by atoms with Gasteiger partial charge in [-0.15, -0.1) is 0 Å². The fraction of sp³-hybridized carbons (Fsp3) is 0.923. The zero-order chi connectivity index (χ0) is 14.1. The van der Waals surface area contributed by atoms with Crippen molar-refractivity contribution in [3.63, 3.8) is 0 Å². The highest BCUT2D eigenvalue weighted by Crippen LogP contribution is 2.45. The van der Waals surface area contributed by atoms with Gasteiger partial charge in [-0.25, -0.2) is 8.42 Å². The molecule has 1 spiro atoms. The number of ether oxygens (including phenoxy) is 1. The molecule has 0 aliphatic carbocycles. The smallest absolute Gasteiger partial charge is 0.222 e. The van der Waals surface area contributed by atoms with Gasteiger partial charge < -0.3 is 9.64 Å². The molecular weight excluding hydrogens is 266 g/mol. The minimum Gasteiger partial charge on any atom is -0.381 e. The molecular formula is C13H23NO4S. The van der Waals surface area contributed by atoms with Crippen molar-refractivity contribution in [3.05, 3.63) is 0 Å². The van der Waals surface area contributed by atoms with Gasteiger partial charge in [-0.2, -0.15) is 0 Å². The molecule has 0 unspecified atom stereocenters. The summed E-state index contributed by atoms with van der Waals surface area (Å²) < 4.78 is 29.2. The average molecular weight is 289 g/mol. The van der Waals surface area contributed by atoms with Gasteiger partial charge in [-0.05, 0) is 19.8 Å². The number of carbonyl (C=O) groups is 1. The van der Waals surface area contributed by atoms with Gasteiger partial charge >= 0.3 is 0 Å². The lowest BCUT2D eigenvalue weighted by atomic mass is 9.83. The minimum absolute atomic E-state index is 0.0446. The molecule has 2 fully saturated rings. The molecule has 0 bridgehead atoms. The number of likely N-dealkylation sites (tertiary alicyclic amines) is 1. The molecule has 2 saturated heterocycles. The molecule has 2 aliphatic rings. The number of hydrogen-bond donors (Lipinski definition) is 0. The molecule has 2 heterocycles. The highest BCUT2D eigenvalue weighted by atomic mass is 32.2. The fourth-order valence-electron chi connectivity index (χ4n) is 3.12. The Kier molecular flexibility index (Phi) is 4.20. The Hall–Kier alpha value is -0.620. The third-order valence-corrected chi connectivity index (χ3v) is 6.96. The summed E-state index contributed by atoms with van der Waals surface area (Å²) in [4.78, 5) is 13.5. The summed E-state index contributed by atoms with van der Waals surface area (Å²) >= 11 is 0. The maximum Gasteiger partial charge on any atom is 0.222 e. The van der Waals surface area contributed by atoms with Crippen LogP contribution in [0.1, 0.15) is 33.1 Å². The summed E-state index contributed by atoms with van der Waals surface area (Å²) in [5.41, 5.74) is 0. The molecule has 2 rings (SSSR count). The van der Waals surface area contributed by atoms with E-state index in [1.165, 1.54) is 0 Å². The maximum atomic E-state index is 12.3. The SMILES string of the molecule is CCCC(=O)N1CC2(C1)[C@@H](COCC)CCS2(=O)=O.